The summed E-state index contributed by atoms with van der Waals surface area (Å²) in [5, 5.41) is 0. The van der Waals surface area contributed by atoms with Gasteiger partial charge in [-0.15, -0.1) is 0 Å². The van der Waals surface area contributed by atoms with E-state index >= 15 is 0 Å². The molecule has 1 aromatic carbocycles. The number of hydrogen-bond donors (Lipinski definition) is 2. The Hall–Kier alpha value is -1.58. The first kappa shape index (κ1) is 12.5. The average molecular weight is 256 g/mol. The molecule has 0 aliphatic heterocycles. The van der Waals surface area contributed by atoms with Crippen molar-refractivity contribution >= 4 is 0 Å². The van der Waals surface area contributed by atoms with Crippen LogP contribution in [-0.4, -0.2) is 0 Å². The van der Waals surface area contributed by atoms with Crippen molar-refractivity contribution in [3.05, 3.63) is 59.5 Å². The fraction of sp³-hybridized carbons (Fsp3) is 0.375. The van der Waals surface area contributed by atoms with Crippen molar-refractivity contribution in [1.29, 1.82) is 0 Å². The number of benzene rings is 1. The molecular formula is C16H20N2O. The van der Waals surface area contributed by atoms with Gasteiger partial charge in [0, 0.05) is 0 Å². The summed E-state index contributed by atoms with van der Waals surface area (Å²) in [7, 11) is 0. The first-order valence-electron chi connectivity index (χ1n) is 6.96. The van der Waals surface area contributed by atoms with Crippen LogP contribution >= 0.6 is 0 Å². The normalized spacial score (nSPS) is 19.9. The summed E-state index contributed by atoms with van der Waals surface area (Å²) in [5.74, 6) is 7.18. The fourth-order valence-electron chi connectivity index (χ4n) is 3.14. The third-order valence-electron chi connectivity index (χ3n) is 4.10. The second-order valence-electron chi connectivity index (χ2n) is 5.26. The quantitative estimate of drug-likeness (QED) is 0.652. The predicted octanol–water partition coefficient (Wildman–Crippen LogP) is 3.29. The maximum atomic E-state index is 5.69. The van der Waals surface area contributed by atoms with Gasteiger partial charge in [-0.05, 0) is 54.9 Å². The lowest BCUT2D eigenvalue weighted by molar-refractivity contribution is 0.364. The molecule has 0 radical (unpaired) electrons. The number of fused-ring (bicyclic) bond motifs is 1. The molecule has 0 bridgehead atoms. The molecule has 19 heavy (non-hydrogen) atoms. The Morgan fingerprint density at radius 3 is 2.95 bits per heavy atom. The monoisotopic (exact) mass is 256 g/mol. The van der Waals surface area contributed by atoms with Gasteiger partial charge in [-0.25, -0.2) is 5.43 Å². The van der Waals surface area contributed by atoms with Crippen LogP contribution in [0.4, 0.5) is 0 Å². The highest BCUT2D eigenvalue weighted by Crippen LogP contribution is 2.37. The van der Waals surface area contributed by atoms with Crippen molar-refractivity contribution in [2.75, 3.05) is 0 Å². The van der Waals surface area contributed by atoms with E-state index in [1.54, 1.807) is 6.26 Å². The number of hydrogen-bond acceptors (Lipinski definition) is 3. The van der Waals surface area contributed by atoms with E-state index in [0.29, 0.717) is 5.92 Å². The Labute approximate surface area is 113 Å². The summed E-state index contributed by atoms with van der Waals surface area (Å²) in [6.07, 6.45) is 6.39. The van der Waals surface area contributed by atoms with Gasteiger partial charge in [0.2, 0.25) is 0 Å². The van der Waals surface area contributed by atoms with Crippen molar-refractivity contribution in [3.8, 4) is 0 Å². The van der Waals surface area contributed by atoms with Crippen molar-refractivity contribution in [2.45, 2.75) is 37.6 Å². The van der Waals surface area contributed by atoms with Crippen molar-refractivity contribution < 1.29 is 4.42 Å². The standard InChI is InChI=1S/C16H20N2O/c17-18-15(16-9-4-10-19-16)11-13-7-3-6-12-5-1-2-8-14(12)13/h1-2,4-5,8-10,13,15,18H,3,6-7,11,17H2. The van der Waals surface area contributed by atoms with E-state index in [2.05, 4.69) is 29.7 Å². The zero-order valence-electron chi connectivity index (χ0n) is 11.0. The third kappa shape index (κ3) is 2.57. The van der Waals surface area contributed by atoms with Crippen molar-refractivity contribution in [2.24, 2.45) is 5.84 Å². The van der Waals surface area contributed by atoms with Crippen LogP contribution in [0.3, 0.4) is 0 Å². The molecule has 2 unspecified atom stereocenters. The maximum absolute atomic E-state index is 5.69. The van der Waals surface area contributed by atoms with Gasteiger partial charge in [0.05, 0.1) is 12.3 Å². The highest BCUT2D eigenvalue weighted by atomic mass is 16.3. The zero-order valence-corrected chi connectivity index (χ0v) is 11.0. The highest BCUT2D eigenvalue weighted by Gasteiger charge is 2.24. The van der Waals surface area contributed by atoms with Gasteiger partial charge >= 0.3 is 0 Å². The smallest absolute Gasteiger partial charge is 0.122 e. The number of nitrogens with two attached hydrogens (primary N) is 1. The van der Waals surface area contributed by atoms with Crippen LogP contribution < -0.4 is 11.3 Å². The third-order valence-corrected chi connectivity index (χ3v) is 4.10. The van der Waals surface area contributed by atoms with Crippen LogP contribution in [0.1, 0.15) is 48.1 Å². The largest absolute Gasteiger partial charge is 0.468 e. The number of furan rings is 1. The van der Waals surface area contributed by atoms with Gasteiger partial charge in [0.1, 0.15) is 5.76 Å². The minimum absolute atomic E-state index is 0.0890. The van der Waals surface area contributed by atoms with E-state index < -0.39 is 0 Å². The molecule has 3 heteroatoms. The van der Waals surface area contributed by atoms with Crippen LogP contribution in [-0.2, 0) is 6.42 Å². The van der Waals surface area contributed by atoms with E-state index in [1.165, 1.54) is 30.4 Å². The predicted molar refractivity (Wildman–Crippen MR) is 75.5 cm³/mol. The molecule has 0 saturated heterocycles. The molecule has 1 aliphatic rings. The zero-order chi connectivity index (χ0) is 13.1. The summed E-state index contributed by atoms with van der Waals surface area (Å²) in [6.45, 7) is 0. The second-order valence-corrected chi connectivity index (χ2v) is 5.26. The first-order valence-corrected chi connectivity index (χ1v) is 6.96. The molecule has 0 saturated carbocycles. The van der Waals surface area contributed by atoms with Gasteiger partial charge in [0.25, 0.3) is 0 Å². The molecule has 1 aliphatic carbocycles. The van der Waals surface area contributed by atoms with E-state index in [1.807, 2.05) is 12.1 Å². The Bertz CT molecular complexity index is 521. The van der Waals surface area contributed by atoms with Crippen LogP contribution in [0.2, 0.25) is 0 Å². The van der Waals surface area contributed by atoms with Gasteiger partial charge < -0.3 is 4.42 Å². The maximum Gasteiger partial charge on any atom is 0.122 e. The molecule has 3 rings (SSSR count). The molecule has 100 valence electrons. The van der Waals surface area contributed by atoms with Crippen LogP contribution in [0.5, 0.6) is 0 Å². The molecule has 0 spiro atoms. The minimum Gasteiger partial charge on any atom is -0.468 e. The molecule has 1 heterocycles. The Kier molecular flexibility index (Phi) is 3.67. The van der Waals surface area contributed by atoms with Crippen LogP contribution in [0.25, 0.3) is 0 Å². The molecule has 1 aromatic heterocycles. The summed E-state index contributed by atoms with van der Waals surface area (Å²) >= 11 is 0. The van der Waals surface area contributed by atoms with Gasteiger partial charge in [-0.3, -0.25) is 5.84 Å². The highest BCUT2D eigenvalue weighted by molar-refractivity contribution is 5.32. The Morgan fingerprint density at radius 1 is 1.26 bits per heavy atom. The lowest BCUT2D eigenvalue weighted by atomic mass is 9.79. The average Bonchev–Trinajstić information content (AvgIpc) is 2.99. The minimum atomic E-state index is 0.0890. The molecule has 2 aromatic rings. The fourth-order valence-corrected chi connectivity index (χ4v) is 3.14. The van der Waals surface area contributed by atoms with Crippen molar-refractivity contribution in [1.82, 2.24) is 5.43 Å². The van der Waals surface area contributed by atoms with Crippen molar-refractivity contribution in [3.63, 3.8) is 0 Å². The Balaban J connectivity index is 1.80. The van der Waals surface area contributed by atoms with E-state index in [9.17, 15) is 0 Å². The molecule has 2 atom stereocenters. The summed E-state index contributed by atoms with van der Waals surface area (Å²) in [6, 6.07) is 12.8. The number of nitrogens with one attached hydrogen (secondary N) is 1. The van der Waals surface area contributed by atoms with E-state index in [-0.39, 0.29) is 6.04 Å². The summed E-state index contributed by atoms with van der Waals surface area (Å²) < 4.78 is 5.47. The topological polar surface area (TPSA) is 51.2 Å². The first-order chi connectivity index (χ1) is 9.38. The summed E-state index contributed by atoms with van der Waals surface area (Å²) in [4.78, 5) is 0. The molecular weight excluding hydrogens is 236 g/mol. The van der Waals surface area contributed by atoms with E-state index in [4.69, 9.17) is 10.3 Å². The molecule has 3 nitrogen and oxygen atoms in total. The lowest BCUT2D eigenvalue weighted by Gasteiger charge is -2.28. The number of rotatable bonds is 4. The SMILES string of the molecule is NNC(CC1CCCc2ccccc21)c1ccco1. The molecule has 0 fully saturated rings. The second kappa shape index (κ2) is 5.59. The van der Waals surface area contributed by atoms with Gasteiger partial charge in [0.15, 0.2) is 0 Å². The number of aryl methyl sites for hydroxylation is 1. The molecule has 0 amide bonds. The van der Waals surface area contributed by atoms with Crippen LogP contribution in [0, 0.1) is 0 Å². The van der Waals surface area contributed by atoms with Gasteiger partial charge in [-0.2, -0.15) is 0 Å². The molecule has 3 N–H and O–H groups in total. The summed E-state index contributed by atoms with van der Waals surface area (Å²) in [5.41, 5.74) is 5.87. The lowest BCUT2D eigenvalue weighted by Crippen LogP contribution is -2.29. The Morgan fingerprint density at radius 2 is 2.16 bits per heavy atom. The van der Waals surface area contributed by atoms with Crippen LogP contribution in [0.15, 0.2) is 47.1 Å². The van der Waals surface area contributed by atoms with E-state index in [0.717, 1.165) is 12.2 Å². The van der Waals surface area contributed by atoms with Gasteiger partial charge in [-0.1, -0.05) is 24.3 Å². The number of hydrazine groups is 1.